The summed E-state index contributed by atoms with van der Waals surface area (Å²) < 4.78 is 27.0. The summed E-state index contributed by atoms with van der Waals surface area (Å²) in [5.74, 6) is 0.214. The van der Waals surface area contributed by atoms with Crippen molar-refractivity contribution in [1.29, 1.82) is 0 Å². The smallest absolute Gasteiger partial charge is 0.269 e. The lowest BCUT2D eigenvalue weighted by atomic mass is 10.1. The van der Waals surface area contributed by atoms with E-state index in [-0.39, 0.29) is 21.9 Å². The van der Waals surface area contributed by atoms with E-state index < -0.39 is 10.0 Å². The zero-order valence-electron chi connectivity index (χ0n) is 15.0. The van der Waals surface area contributed by atoms with E-state index in [4.69, 9.17) is 0 Å². The van der Waals surface area contributed by atoms with Gasteiger partial charge < -0.3 is 0 Å². The molecular weight excluding hydrogens is 416 g/mol. The Bertz CT molecular complexity index is 1040. The van der Waals surface area contributed by atoms with Crippen LogP contribution in [0.25, 0.3) is 0 Å². The summed E-state index contributed by atoms with van der Waals surface area (Å²) in [5, 5.41) is 10.1. The van der Waals surface area contributed by atoms with Crippen molar-refractivity contribution in [3.8, 4) is 0 Å². The molecule has 0 atom stereocenters. The van der Waals surface area contributed by atoms with Gasteiger partial charge in [0.25, 0.3) is 15.9 Å². The van der Waals surface area contributed by atoms with Gasteiger partial charge in [-0.25, -0.2) is 13.1 Å². The Kier molecular flexibility index (Phi) is 6.79. The molecule has 2 aromatic carbocycles. The molecule has 0 radical (unpaired) electrons. The van der Waals surface area contributed by atoms with Crippen LogP contribution in [0, 0.1) is 6.92 Å². The molecule has 146 valence electrons. The molecule has 7 nitrogen and oxygen atoms in total. The van der Waals surface area contributed by atoms with Crippen molar-refractivity contribution in [1.82, 2.24) is 14.9 Å². The number of aromatic nitrogens is 2. The molecule has 0 aliphatic rings. The Balaban J connectivity index is 1.54. The van der Waals surface area contributed by atoms with Gasteiger partial charge in [-0.05, 0) is 31.2 Å². The van der Waals surface area contributed by atoms with Crippen molar-refractivity contribution in [3.63, 3.8) is 0 Å². The number of sulfonamides is 1. The van der Waals surface area contributed by atoms with Crippen LogP contribution in [0.3, 0.4) is 0 Å². The number of aryl methyl sites for hydroxylation is 1. The fourth-order valence-corrected chi connectivity index (χ4v) is 5.05. The molecule has 0 saturated heterocycles. The third kappa shape index (κ3) is 5.61. The number of hydrogen-bond acceptors (Lipinski definition) is 7. The number of amides is 1. The maximum Gasteiger partial charge on any atom is 0.269 e. The van der Waals surface area contributed by atoms with E-state index in [2.05, 4.69) is 20.2 Å². The number of rotatable bonds is 8. The van der Waals surface area contributed by atoms with Crippen LogP contribution in [0.15, 0.2) is 63.8 Å². The third-order valence-electron chi connectivity index (χ3n) is 3.58. The fraction of sp³-hybridized carbons (Fsp3) is 0.167. The molecular formula is C18H18N4O3S3. The summed E-state index contributed by atoms with van der Waals surface area (Å²) in [5.41, 5.74) is 1.50. The molecule has 2 N–H and O–H groups in total. The van der Waals surface area contributed by atoms with E-state index in [1.807, 2.05) is 49.4 Å². The molecule has 0 spiro atoms. The molecule has 0 aliphatic heterocycles. The minimum absolute atomic E-state index is 0.129. The van der Waals surface area contributed by atoms with Gasteiger partial charge in [0.05, 0.1) is 0 Å². The van der Waals surface area contributed by atoms with Crippen molar-refractivity contribution in [2.24, 2.45) is 0 Å². The minimum Gasteiger partial charge on any atom is -0.296 e. The molecule has 3 aromatic rings. The van der Waals surface area contributed by atoms with Crippen molar-refractivity contribution in [2.75, 3.05) is 17.6 Å². The van der Waals surface area contributed by atoms with Crippen LogP contribution >= 0.6 is 23.1 Å². The summed E-state index contributed by atoms with van der Waals surface area (Å²) in [6, 6.07) is 16.7. The van der Waals surface area contributed by atoms with Crippen molar-refractivity contribution >= 4 is 44.2 Å². The number of carbonyl (C=O) groups excluding carboxylic acids is 1. The molecule has 10 heteroatoms. The maximum atomic E-state index is 12.3. The Morgan fingerprint density at radius 3 is 2.50 bits per heavy atom. The number of hydrogen-bond donors (Lipinski definition) is 2. The number of thioether (sulfide) groups is 1. The number of anilines is 1. The van der Waals surface area contributed by atoms with Gasteiger partial charge in [0, 0.05) is 22.8 Å². The lowest BCUT2D eigenvalue weighted by Gasteiger charge is -2.03. The summed E-state index contributed by atoms with van der Waals surface area (Å²) in [7, 11) is -3.77. The van der Waals surface area contributed by atoms with Gasteiger partial charge in [-0.3, -0.25) is 10.1 Å². The largest absolute Gasteiger partial charge is 0.296 e. The highest BCUT2D eigenvalue weighted by atomic mass is 32.2. The monoisotopic (exact) mass is 434 g/mol. The Morgan fingerprint density at radius 2 is 1.79 bits per heavy atom. The summed E-state index contributed by atoms with van der Waals surface area (Å²) in [6.07, 6.45) is 0. The lowest BCUT2D eigenvalue weighted by Crippen LogP contribution is -2.25. The van der Waals surface area contributed by atoms with E-state index >= 15 is 0 Å². The van der Waals surface area contributed by atoms with Gasteiger partial charge in [0.1, 0.15) is 0 Å². The first-order valence-corrected chi connectivity index (χ1v) is 11.6. The predicted octanol–water partition coefficient (Wildman–Crippen LogP) is 3.17. The Labute approximate surface area is 171 Å². The van der Waals surface area contributed by atoms with Crippen LogP contribution in [0.5, 0.6) is 0 Å². The van der Waals surface area contributed by atoms with E-state index in [0.29, 0.717) is 11.3 Å². The number of carbonyl (C=O) groups is 1. The topological polar surface area (TPSA) is 101 Å². The van der Waals surface area contributed by atoms with E-state index in [0.717, 1.165) is 21.8 Å². The average molecular weight is 435 g/mol. The second-order valence-electron chi connectivity index (χ2n) is 5.75. The summed E-state index contributed by atoms with van der Waals surface area (Å²) in [6.45, 7) is 2.18. The first-order valence-electron chi connectivity index (χ1n) is 8.33. The van der Waals surface area contributed by atoms with Gasteiger partial charge in [-0.2, -0.15) is 0 Å². The van der Waals surface area contributed by atoms with Gasteiger partial charge in [0.15, 0.2) is 0 Å². The SMILES string of the molecule is Cc1ccc(C(=O)Nc2nnc(S(=O)(=O)NCCSc3ccccc3)s2)cc1. The van der Waals surface area contributed by atoms with Gasteiger partial charge in [-0.15, -0.1) is 22.0 Å². The molecule has 28 heavy (non-hydrogen) atoms. The number of nitrogens with zero attached hydrogens (tertiary/aromatic N) is 2. The van der Waals surface area contributed by atoms with Crippen molar-refractivity contribution < 1.29 is 13.2 Å². The molecule has 1 heterocycles. The highest BCUT2D eigenvalue weighted by Crippen LogP contribution is 2.21. The fourth-order valence-electron chi connectivity index (χ4n) is 2.17. The van der Waals surface area contributed by atoms with Gasteiger partial charge >= 0.3 is 0 Å². The standard InChI is InChI=1S/C18H18N4O3S3/c1-13-7-9-14(10-8-13)16(23)20-17-21-22-18(27-17)28(24,25)19-11-12-26-15-5-3-2-4-6-15/h2-10,19H,11-12H2,1H3,(H,20,21,23). The normalized spacial score (nSPS) is 11.3. The molecule has 0 bridgehead atoms. The molecule has 3 rings (SSSR count). The van der Waals surface area contributed by atoms with E-state index in [1.54, 1.807) is 23.9 Å². The Morgan fingerprint density at radius 1 is 1.07 bits per heavy atom. The highest BCUT2D eigenvalue weighted by Gasteiger charge is 2.20. The Hall–Kier alpha value is -2.27. The zero-order valence-corrected chi connectivity index (χ0v) is 17.4. The first kappa shape index (κ1) is 20.5. The zero-order chi connectivity index (χ0) is 20.0. The van der Waals surface area contributed by atoms with Crippen molar-refractivity contribution in [2.45, 2.75) is 16.2 Å². The van der Waals surface area contributed by atoms with Crippen LogP contribution in [0.1, 0.15) is 15.9 Å². The molecule has 0 aliphatic carbocycles. The average Bonchev–Trinajstić information content (AvgIpc) is 3.16. The molecule has 1 amide bonds. The lowest BCUT2D eigenvalue weighted by molar-refractivity contribution is 0.102. The number of benzene rings is 2. The minimum atomic E-state index is -3.77. The van der Waals surface area contributed by atoms with E-state index in [9.17, 15) is 13.2 Å². The predicted molar refractivity (Wildman–Crippen MR) is 111 cm³/mol. The van der Waals surface area contributed by atoms with Crippen LogP contribution in [-0.2, 0) is 10.0 Å². The molecule has 1 aromatic heterocycles. The summed E-state index contributed by atoms with van der Waals surface area (Å²) in [4.78, 5) is 13.3. The van der Waals surface area contributed by atoms with Crippen LogP contribution in [0.2, 0.25) is 0 Å². The summed E-state index contributed by atoms with van der Waals surface area (Å²) >= 11 is 2.36. The van der Waals surface area contributed by atoms with Crippen molar-refractivity contribution in [3.05, 3.63) is 65.7 Å². The third-order valence-corrected chi connectivity index (χ3v) is 7.26. The van der Waals surface area contributed by atoms with Crippen LogP contribution in [-0.4, -0.2) is 36.8 Å². The second-order valence-corrected chi connectivity index (χ2v) is 9.84. The first-order chi connectivity index (χ1) is 13.4. The molecule has 0 unspecified atom stereocenters. The van der Waals surface area contributed by atoms with Crippen LogP contribution in [0.4, 0.5) is 5.13 Å². The highest BCUT2D eigenvalue weighted by molar-refractivity contribution is 7.99. The van der Waals surface area contributed by atoms with Crippen LogP contribution < -0.4 is 10.0 Å². The van der Waals surface area contributed by atoms with E-state index in [1.165, 1.54) is 0 Å². The molecule has 0 fully saturated rings. The maximum absolute atomic E-state index is 12.3. The quantitative estimate of drug-likeness (QED) is 0.321. The second kappa shape index (κ2) is 9.28. The molecule has 0 saturated carbocycles. The van der Waals surface area contributed by atoms with Gasteiger partial charge in [0.2, 0.25) is 9.47 Å². The number of nitrogens with one attached hydrogen (secondary N) is 2. The van der Waals surface area contributed by atoms with Gasteiger partial charge in [-0.1, -0.05) is 47.2 Å².